The van der Waals surface area contributed by atoms with E-state index in [4.69, 9.17) is 0 Å². The summed E-state index contributed by atoms with van der Waals surface area (Å²) < 4.78 is 0. The van der Waals surface area contributed by atoms with Crippen LogP contribution in [0.5, 0.6) is 0 Å². The van der Waals surface area contributed by atoms with Gasteiger partial charge < -0.3 is 5.32 Å². The number of fused-ring (bicyclic) bond motifs is 1. The summed E-state index contributed by atoms with van der Waals surface area (Å²) in [6, 6.07) is 5.38. The van der Waals surface area contributed by atoms with Crippen molar-refractivity contribution in [3.8, 4) is 0 Å². The number of anilines is 1. The third-order valence-electron chi connectivity index (χ3n) is 1.65. The Morgan fingerprint density at radius 1 is 1.50 bits per heavy atom. The van der Waals surface area contributed by atoms with Gasteiger partial charge in [0.05, 0.1) is 5.52 Å². The number of nitrogens with zero attached hydrogens (tertiary/aromatic N) is 2. The molecule has 0 atom stereocenters. The van der Waals surface area contributed by atoms with Crippen LogP contribution < -0.4 is 5.32 Å². The van der Waals surface area contributed by atoms with Crippen LogP contribution in [0.25, 0.3) is 11.0 Å². The first-order valence-corrected chi connectivity index (χ1v) is 3.84. The van der Waals surface area contributed by atoms with Crippen molar-refractivity contribution in [1.29, 1.82) is 0 Å². The van der Waals surface area contributed by atoms with E-state index in [-0.39, 0.29) is 28.3 Å². The molecule has 6 heteroatoms. The number of H-pyrrole nitrogens is 1. The first kappa shape index (κ1) is 10.9. The molecule has 0 saturated carbocycles. The van der Waals surface area contributed by atoms with E-state index < -0.39 is 0 Å². The second-order valence-electron chi connectivity index (χ2n) is 2.72. The topological polar surface area (TPSA) is 70.7 Å². The van der Waals surface area contributed by atoms with Crippen molar-refractivity contribution in [2.24, 2.45) is 0 Å². The fourth-order valence-electron chi connectivity index (χ4n) is 1.12. The summed E-state index contributed by atoms with van der Waals surface area (Å²) >= 11 is 0. The van der Waals surface area contributed by atoms with Crippen LogP contribution in [-0.2, 0) is 27.2 Å². The maximum absolute atomic E-state index is 10.7. The van der Waals surface area contributed by atoms with Gasteiger partial charge in [-0.1, -0.05) is 5.21 Å². The van der Waals surface area contributed by atoms with Crippen LogP contribution in [0.1, 0.15) is 6.92 Å². The third kappa shape index (κ3) is 2.20. The van der Waals surface area contributed by atoms with Crippen molar-refractivity contribution in [3.05, 3.63) is 18.2 Å². The Balaban J connectivity index is 0.000000980. The molecule has 0 saturated heterocycles. The molecule has 0 unspecified atom stereocenters. The van der Waals surface area contributed by atoms with Crippen LogP contribution in [0, 0.1) is 0 Å². The number of hydrogen-bond donors (Lipinski definition) is 2. The van der Waals surface area contributed by atoms with Crippen molar-refractivity contribution < 1.29 is 27.2 Å². The molecule has 2 rings (SSSR count). The molecule has 1 heterocycles. The molecule has 0 aliphatic carbocycles. The fourth-order valence-corrected chi connectivity index (χ4v) is 1.12. The van der Waals surface area contributed by atoms with Crippen molar-refractivity contribution in [1.82, 2.24) is 15.4 Å². The Kier molecular flexibility index (Phi) is 3.40. The molecular formula is C8H8AgN4O. The summed E-state index contributed by atoms with van der Waals surface area (Å²) in [7, 11) is 0. The molecule has 1 amide bonds. The number of aromatic amines is 1. The van der Waals surface area contributed by atoms with Crippen LogP contribution in [0.3, 0.4) is 0 Å². The smallest absolute Gasteiger partial charge is 0.221 e. The number of hydrogen-bond acceptors (Lipinski definition) is 3. The van der Waals surface area contributed by atoms with Crippen LogP contribution in [0.15, 0.2) is 18.2 Å². The van der Waals surface area contributed by atoms with Crippen LogP contribution in [0.4, 0.5) is 5.69 Å². The van der Waals surface area contributed by atoms with Gasteiger partial charge in [0.2, 0.25) is 5.91 Å². The molecular weight excluding hydrogens is 276 g/mol. The zero-order chi connectivity index (χ0) is 9.26. The Bertz CT molecular complexity index is 453. The Labute approximate surface area is 95.8 Å². The summed E-state index contributed by atoms with van der Waals surface area (Å²) in [5.74, 6) is -0.0946. The summed E-state index contributed by atoms with van der Waals surface area (Å²) in [5, 5.41) is 12.9. The van der Waals surface area contributed by atoms with E-state index in [2.05, 4.69) is 20.7 Å². The van der Waals surface area contributed by atoms with Crippen molar-refractivity contribution in [2.45, 2.75) is 6.92 Å². The molecule has 77 valence electrons. The van der Waals surface area contributed by atoms with Gasteiger partial charge >= 0.3 is 0 Å². The van der Waals surface area contributed by atoms with Crippen molar-refractivity contribution >= 4 is 22.6 Å². The zero-order valence-electron chi connectivity index (χ0n) is 7.34. The molecule has 0 aliphatic rings. The minimum absolute atomic E-state index is 0. The van der Waals surface area contributed by atoms with E-state index in [9.17, 15) is 4.79 Å². The van der Waals surface area contributed by atoms with Gasteiger partial charge in [-0.3, -0.25) is 9.89 Å². The Morgan fingerprint density at radius 3 is 3.00 bits per heavy atom. The summed E-state index contributed by atoms with van der Waals surface area (Å²) in [6.07, 6.45) is 0. The second-order valence-corrected chi connectivity index (χ2v) is 2.72. The van der Waals surface area contributed by atoms with E-state index in [1.165, 1.54) is 6.92 Å². The summed E-state index contributed by atoms with van der Waals surface area (Å²) in [5.41, 5.74) is 2.33. The summed E-state index contributed by atoms with van der Waals surface area (Å²) in [6.45, 7) is 1.47. The molecule has 1 aromatic carbocycles. The number of benzene rings is 1. The molecule has 0 spiro atoms. The minimum Gasteiger partial charge on any atom is -0.326 e. The van der Waals surface area contributed by atoms with Gasteiger partial charge in [0.1, 0.15) is 5.52 Å². The van der Waals surface area contributed by atoms with Gasteiger partial charge in [-0.05, 0) is 18.2 Å². The number of aromatic nitrogens is 3. The molecule has 2 N–H and O–H groups in total. The Morgan fingerprint density at radius 2 is 2.29 bits per heavy atom. The summed E-state index contributed by atoms with van der Waals surface area (Å²) in [4.78, 5) is 10.7. The van der Waals surface area contributed by atoms with Crippen LogP contribution in [0.2, 0.25) is 0 Å². The monoisotopic (exact) mass is 283 g/mol. The number of rotatable bonds is 1. The molecule has 5 nitrogen and oxygen atoms in total. The molecule has 0 aliphatic heterocycles. The largest absolute Gasteiger partial charge is 0.326 e. The predicted octanol–water partition coefficient (Wildman–Crippen LogP) is 0.914. The average Bonchev–Trinajstić information content (AvgIpc) is 2.49. The van der Waals surface area contributed by atoms with E-state index in [0.717, 1.165) is 16.7 Å². The SMILES string of the molecule is CC(=O)Nc1ccc2[nH]nnc2c1.[Ag]. The number of carbonyl (C=O) groups is 1. The standard InChI is InChI=1S/C8H8N4O.Ag/c1-5(13)9-6-2-3-7-8(4-6)11-12-10-7;/h2-4H,1H3,(H,9,13)(H,10,11,12);. The van der Waals surface area contributed by atoms with Gasteiger partial charge in [0, 0.05) is 35.0 Å². The molecule has 0 bridgehead atoms. The average molecular weight is 284 g/mol. The first-order valence-electron chi connectivity index (χ1n) is 3.84. The van der Waals surface area contributed by atoms with Gasteiger partial charge in [-0.25, -0.2) is 0 Å². The normalized spacial score (nSPS) is 9.50. The minimum atomic E-state index is -0.0946. The van der Waals surface area contributed by atoms with Gasteiger partial charge in [-0.2, -0.15) is 0 Å². The zero-order valence-corrected chi connectivity index (χ0v) is 8.82. The fraction of sp³-hybridized carbons (Fsp3) is 0.125. The molecule has 1 aromatic heterocycles. The maximum atomic E-state index is 10.7. The van der Waals surface area contributed by atoms with Crippen molar-refractivity contribution in [2.75, 3.05) is 5.32 Å². The first-order chi connectivity index (χ1) is 6.25. The molecule has 2 aromatic rings. The molecule has 1 radical (unpaired) electrons. The quantitative estimate of drug-likeness (QED) is 0.765. The van der Waals surface area contributed by atoms with Crippen LogP contribution in [-0.4, -0.2) is 21.3 Å². The van der Waals surface area contributed by atoms with Gasteiger partial charge in [-0.15, -0.1) is 5.10 Å². The predicted molar refractivity (Wildman–Crippen MR) is 48.2 cm³/mol. The number of nitrogens with one attached hydrogen (secondary N) is 2. The molecule has 0 fully saturated rings. The molecule has 14 heavy (non-hydrogen) atoms. The van der Waals surface area contributed by atoms with Gasteiger partial charge in [0.15, 0.2) is 0 Å². The Hall–Kier alpha value is -1.17. The van der Waals surface area contributed by atoms with Crippen molar-refractivity contribution in [3.63, 3.8) is 0 Å². The van der Waals surface area contributed by atoms with Crippen LogP contribution >= 0.6 is 0 Å². The second kappa shape index (κ2) is 4.36. The van der Waals surface area contributed by atoms with Gasteiger partial charge in [0.25, 0.3) is 0 Å². The maximum Gasteiger partial charge on any atom is 0.221 e. The number of amides is 1. The number of carbonyl (C=O) groups excluding carboxylic acids is 1. The van der Waals surface area contributed by atoms with E-state index >= 15 is 0 Å². The van der Waals surface area contributed by atoms with E-state index in [1.54, 1.807) is 12.1 Å². The van der Waals surface area contributed by atoms with E-state index in [0.29, 0.717) is 0 Å². The third-order valence-corrected chi connectivity index (χ3v) is 1.65. The van der Waals surface area contributed by atoms with E-state index in [1.807, 2.05) is 6.07 Å².